The Morgan fingerprint density at radius 3 is 2.54 bits per heavy atom. The normalized spacial score (nSPS) is 19.9. The fraction of sp³-hybridized carbons (Fsp3) is 0.375. The Morgan fingerprint density at radius 2 is 1.91 bits per heavy atom. The molecule has 0 bridgehead atoms. The summed E-state index contributed by atoms with van der Waals surface area (Å²) in [4.78, 5) is 35.1. The van der Waals surface area contributed by atoms with Crippen molar-refractivity contribution in [2.24, 2.45) is 12.8 Å². The lowest BCUT2D eigenvalue weighted by Crippen LogP contribution is -2.54. The van der Waals surface area contributed by atoms with Crippen LogP contribution < -0.4 is 21.3 Å². The van der Waals surface area contributed by atoms with Crippen LogP contribution in [0.5, 0.6) is 0 Å². The number of primary amides is 1. The van der Waals surface area contributed by atoms with Crippen molar-refractivity contribution in [3.8, 4) is 0 Å². The third-order valence-electron chi connectivity index (χ3n) is 6.40. The van der Waals surface area contributed by atoms with Crippen molar-refractivity contribution < 1.29 is 14.7 Å². The fourth-order valence-electron chi connectivity index (χ4n) is 4.31. The van der Waals surface area contributed by atoms with Crippen molar-refractivity contribution in [2.45, 2.75) is 37.3 Å². The standard InChI is InChI=1S/C24H28N8O3/c1-31-12-17(10-27-31)28-23-21(22(25)34)26-11-20(30-23)32-9-8-18(19(33)13-32)29-24(35)16-6-4-15(5-7-16)14-2-3-14/h4-7,10-12,14,18-19,33H,2-3,8-9,13H2,1H3,(H2,25,34)(H,28,30)(H,29,35)/t18-,19+/m0/s1. The minimum Gasteiger partial charge on any atom is -0.389 e. The van der Waals surface area contributed by atoms with E-state index in [0.29, 0.717) is 36.0 Å². The first kappa shape index (κ1) is 22.8. The fourth-order valence-corrected chi connectivity index (χ4v) is 4.31. The number of nitrogens with one attached hydrogen (secondary N) is 2. The third-order valence-corrected chi connectivity index (χ3v) is 6.40. The number of hydrogen-bond acceptors (Lipinski definition) is 8. The molecule has 11 nitrogen and oxygen atoms in total. The molecule has 0 spiro atoms. The molecule has 0 unspecified atom stereocenters. The molecule has 35 heavy (non-hydrogen) atoms. The maximum absolute atomic E-state index is 12.7. The zero-order chi connectivity index (χ0) is 24.5. The van der Waals surface area contributed by atoms with Crippen LogP contribution in [0.2, 0.25) is 0 Å². The number of hydrogen-bond donors (Lipinski definition) is 4. The lowest BCUT2D eigenvalue weighted by molar-refractivity contribution is 0.0797. The monoisotopic (exact) mass is 476 g/mol. The highest BCUT2D eigenvalue weighted by Crippen LogP contribution is 2.39. The average Bonchev–Trinajstić information content (AvgIpc) is 3.62. The van der Waals surface area contributed by atoms with E-state index < -0.39 is 12.0 Å². The van der Waals surface area contributed by atoms with Crippen LogP contribution in [0, 0.1) is 0 Å². The van der Waals surface area contributed by atoms with Gasteiger partial charge in [0.25, 0.3) is 11.8 Å². The first-order valence-electron chi connectivity index (χ1n) is 11.6. The van der Waals surface area contributed by atoms with Gasteiger partial charge in [0, 0.05) is 31.9 Å². The number of carbonyl (C=O) groups excluding carboxylic acids is 2. The number of rotatable bonds is 7. The summed E-state index contributed by atoms with van der Waals surface area (Å²) in [7, 11) is 1.77. The number of nitrogens with zero attached hydrogens (tertiary/aromatic N) is 5. The smallest absolute Gasteiger partial charge is 0.271 e. The zero-order valence-corrected chi connectivity index (χ0v) is 19.4. The van der Waals surface area contributed by atoms with Gasteiger partial charge in [-0.2, -0.15) is 5.10 Å². The van der Waals surface area contributed by atoms with E-state index >= 15 is 0 Å². The van der Waals surface area contributed by atoms with Crippen molar-refractivity contribution in [1.82, 2.24) is 25.1 Å². The third kappa shape index (κ3) is 5.09. The van der Waals surface area contributed by atoms with Gasteiger partial charge in [-0.05, 0) is 42.9 Å². The summed E-state index contributed by atoms with van der Waals surface area (Å²) in [6.45, 7) is 0.794. The number of nitrogens with two attached hydrogens (primary N) is 1. The molecule has 11 heteroatoms. The van der Waals surface area contributed by atoms with Crippen LogP contribution in [-0.4, -0.2) is 61.9 Å². The highest BCUT2D eigenvalue weighted by molar-refractivity contribution is 5.96. The predicted molar refractivity (Wildman–Crippen MR) is 130 cm³/mol. The molecule has 1 aromatic carbocycles. The largest absolute Gasteiger partial charge is 0.389 e. The van der Waals surface area contributed by atoms with Gasteiger partial charge in [-0.25, -0.2) is 9.97 Å². The molecule has 2 atom stereocenters. The van der Waals surface area contributed by atoms with Crippen molar-refractivity contribution in [3.05, 3.63) is 59.7 Å². The second-order valence-corrected chi connectivity index (χ2v) is 9.10. The van der Waals surface area contributed by atoms with Gasteiger partial charge >= 0.3 is 0 Å². The second-order valence-electron chi connectivity index (χ2n) is 9.10. The molecule has 2 aromatic heterocycles. The highest BCUT2D eigenvalue weighted by atomic mass is 16.3. The van der Waals surface area contributed by atoms with Gasteiger partial charge in [0.15, 0.2) is 11.5 Å². The molecular weight excluding hydrogens is 448 g/mol. The molecule has 0 radical (unpaired) electrons. The van der Waals surface area contributed by atoms with Gasteiger partial charge in [0.2, 0.25) is 0 Å². The molecule has 5 rings (SSSR count). The summed E-state index contributed by atoms with van der Waals surface area (Å²) >= 11 is 0. The maximum Gasteiger partial charge on any atom is 0.271 e. The van der Waals surface area contributed by atoms with Crippen LogP contribution in [0.25, 0.3) is 0 Å². The van der Waals surface area contributed by atoms with E-state index in [2.05, 4.69) is 25.7 Å². The first-order valence-corrected chi connectivity index (χ1v) is 11.6. The van der Waals surface area contributed by atoms with E-state index in [1.165, 1.54) is 24.6 Å². The summed E-state index contributed by atoms with van der Waals surface area (Å²) in [6, 6.07) is 7.33. The highest BCUT2D eigenvalue weighted by Gasteiger charge is 2.31. The Balaban J connectivity index is 1.24. The summed E-state index contributed by atoms with van der Waals surface area (Å²) in [5.41, 5.74) is 7.97. The van der Waals surface area contributed by atoms with Crippen LogP contribution in [-0.2, 0) is 7.05 Å². The number of aliphatic hydroxyl groups is 1. The summed E-state index contributed by atoms with van der Waals surface area (Å²) in [5.74, 6) is 0.433. The summed E-state index contributed by atoms with van der Waals surface area (Å²) in [5, 5.41) is 20.8. The zero-order valence-electron chi connectivity index (χ0n) is 19.4. The Bertz CT molecular complexity index is 1240. The Labute approximate surface area is 202 Å². The number of amides is 2. The maximum atomic E-state index is 12.7. The molecule has 1 aliphatic carbocycles. The quantitative estimate of drug-likeness (QED) is 0.398. The second kappa shape index (κ2) is 9.34. The minimum absolute atomic E-state index is 0.00741. The molecule has 2 fully saturated rings. The molecule has 1 saturated carbocycles. The van der Waals surface area contributed by atoms with Crippen molar-refractivity contribution in [1.29, 1.82) is 0 Å². The molecule has 3 aromatic rings. The van der Waals surface area contributed by atoms with Crippen LogP contribution in [0.3, 0.4) is 0 Å². The van der Waals surface area contributed by atoms with E-state index in [4.69, 9.17) is 5.73 Å². The first-order chi connectivity index (χ1) is 16.9. The molecule has 1 saturated heterocycles. The van der Waals surface area contributed by atoms with Crippen molar-refractivity contribution >= 4 is 29.1 Å². The van der Waals surface area contributed by atoms with Gasteiger partial charge in [0.05, 0.1) is 30.2 Å². The molecule has 182 valence electrons. The molecule has 1 aliphatic heterocycles. The van der Waals surface area contributed by atoms with Gasteiger partial charge in [-0.3, -0.25) is 14.3 Å². The van der Waals surface area contributed by atoms with Gasteiger partial charge < -0.3 is 26.4 Å². The molecule has 5 N–H and O–H groups in total. The van der Waals surface area contributed by atoms with Gasteiger partial charge in [-0.1, -0.05) is 12.1 Å². The van der Waals surface area contributed by atoms with Crippen LogP contribution >= 0.6 is 0 Å². The number of aliphatic hydroxyl groups excluding tert-OH is 1. The number of β-amino-alcohol motifs (C(OH)–C–C–N with tert-alkyl or cyclic N) is 1. The number of benzene rings is 1. The number of anilines is 3. The van der Waals surface area contributed by atoms with E-state index in [9.17, 15) is 14.7 Å². The van der Waals surface area contributed by atoms with E-state index in [1.54, 1.807) is 24.1 Å². The van der Waals surface area contributed by atoms with Crippen LogP contribution in [0.1, 0.15) is 51.6 Å². The lowest BCUT2D eigenvalue weighted by Gasteiger charge is -2.36. The number of aromatic nitrogens is 4. The summed E-state index contributed by atoms with van der Waals surface area (Å²) < 4.78 is 1.61. The Hall–Kier alpha value is -3.99. The minimum atomic E-state index is -0.800. The Morgan fingerprint density at radius 1 is 1.14 bits per heavy atom. The van der Waals surface area contributed by atoms with E-state index in [0.717, 1.165) is 0 Å². The number of aryl methyl sites for hydroxylation is 1. The van der Waals surface area contributed by atoms with E-state index in [-0.39, 0.29) is 30.0 Å². The molecule has 2 aliphatic rings. The van der Waals surface area contributed by atoms with Gasteiger partial charge in [0.1, 0.15) is 5.82 Å². The molecule has 2 amide bonds. The Kier molecular flexibility index (Phi) is 6.08. The van der Waals surface area contributed by atoms with Crippen molar-refractivity contribution in [2.75, 3.05) is 23.3 Å². The van der Waals surface area contributed by atoms with Crippen LogP contribution in [0.15, 0.2) is 42.9 Å². The van der Waals surface area contributed by atoms with Crippen LogP contribution in [0.4, 0.5) is 17.3 Å². The average molecular weight is 477 g/mol. The van der Waals surface area contributed by atoms with E-state index in [1.807, 2.05) is 29.2 Å². The number of carbonyl (C=O) groups is 2. The predicted octanol–water partition coefficient (Wildman–Crippen LogP) is 1.30. The topological polar surface area (TPSA) is 151 Å². The molecule has 3 heterocycles. The number of piperidine rings is 1. The SMILES string of the molecule is Cn1cc(Nc2nc(N3CC[C@H](NC(=O)c4ccc(C5CC5)cc4)[C@H](O)C3)cnc2C(N)=O)cn1. The summed E-state index contributed by atoms with van der Waals surface area (Å²) in [6.07, 6.45) is 6.94. The van der Waals surface area contributed by atoms with Gasteiger partial charge in [-0.15, -0.1) is 0 Å². The lowest BCUT2D eigenvalue weighted by atomic mass is 10.0. The van der Waals surface area contributed by atoms with Crippen molar-refractivity contribution in [3.63, 3.8) is 0 Å². The molecular formula is C24H28N8O3.